The smallest absolute Gasteiger partial charge is 0.294 e. The Bertz CT molecular complexity index is 3290. The first-order chi connectivity index (χ1) is 29.7. The molecule has 0 saturated carbocycles. The molecule has 62 heavy (non-hydrogen) atoms. The van der Waals surface area contributed by atoms with Crippen LogP contribution in [0, 0.1) is 40.8 Å². The highest BCUT2D eigenvalue weighted by Gasteiger charge is 2.25. The van der Waals surface area contributed by atoms with E-state index in [2.05, 4.69) is 97.8 Å². The number of benzene rings is 2. The van der Waals surface area contributed by atoms with Crippen LogP contribution in [0.5, 0.6) is 0 Å². The zero-order chi connectivity index (χ0) is 44.0. The van der Waals surface area contributed by atoms with Crippen molar-refractivity contribution >= 4 is 61.1 Å². The largest absolute Gasteiger partial charge is 0.325 e. The fraction of sp³-hybridized carbons (Fsp3) is 0.190. The van der Waals surface area contributed by atoms with Crippen LogP contribution in [0.2, 0.25) is 0 Å². The molecule has 0 aliphatic rings. The van der Waals surface area contributed by atoms with Crippen LogP contribution >= 0.6 is 38.5 Å². The number of aromatic amines is 1. The minimum absolute atomic E-state index is 0.172. The molecule has 14 nitrogen and oxygen atoms in total. The van der Waals surface area contributed by atoms with Crippen molar-refractivity contribution < 1.29 is 22.1 Å². The van der Waals surface area contributed by atoms with Gasteiger partial charge in [0, 0.05) is 71.0 Å². The van der Waals surface area contributed by atoms with E-state index in [0.717, 1.165) is 38.8 Å². The lowest BCUT2D eigenvalue weighted by atomic mass is 10.1. The lowest BCUT2D eigenvalue weighted by molar-refractivity contribution is -0.589. The molecule has 8 aromatic heterocycles. The molecule has 0 atom stereocenters. The average Bonchev–Trinajstić information content (AvgIpc) is 4.02. The van der Waals surface area contributed by atoms with Gasteiger partial charge in [0.25, 0.3) is 5.82 Å². The molecule has 0 aliphatic heterocycles. The monoisotopic (exact) mass is 1020 g/mol. The molecular formula is C42H35BrF4IN14+. The molecule has 0 unspecified atom stereocenters. The Morgan fingerprint density at radius 3 is 1.95 bits per heavy atom. The van der Waals surface area contributed by atoms with Crippen LogP contribution in [0.25, 0.3) is 56.5 Å². The van der Waals surface area contributed by atoms with E-state index in [1.54, 1.807) is 38.2 Å². The maximum absolute atomic E-state index is 14.7. The summed E-state index contributed by atoms with van der Waals surface area (Å²) in [5.74, 6) is -0.319. The molecule has 10 aromatic rings. The number of halogens is 6. The fourth-order valence-corrected chi connectivity index (χ4v) is 7.61. The van der Waals surface area contributed by atoms with Gasteiger partial charge in [0.2, 0.25) is 0 Å². The summed E-state index contributed by atoms with van der Waals surface area (Å²) < 4.78 is 63.6. The van der Waals surface area contributed by atoms with Crippen molar-refractivity contribution in [3.8, 4) is 33.9 Å². The summed E-state index contributed by atoms with van der Waals surface area (Å²) in [4.78, 5) is 17.4. The van der Waals surface area contributed by atoms with Gasteiger partial charge in [-0.2, -0.15) is 9.61 Å². The summed E-state index contributed by atoms with van der Waals surface area (Å²) in [6.45, 7) is 11.9. The van der Waals surface area contributed by atoms with Crippen LogP contribution in [-0.4, -0.2) is 63.8 Å². The van der Waals surface area contributed by atoms with E-state index in [1.165, 1.54) is 24.3 Å². The summed E-state index contributed by atoms with van der Waals surface area (Å²) in [7, 11) is 0. The normalized spacial score (nSPS) is 11.5. The summed E-state index contributed by atoms with van der Waals surface area (Å²) in [5, 5.41) is 24.5. The average molecular weight is 1020 g/mol. The molecule has 0 amide bonds. The SMILES string of the molecule is CC(C)c1nnc2ccc(I)nn12.Cc1nccn2c(-c3ccc4n[nH]c(C(C)C)[n+]4n3)c(-c3ccc(F)cc3F)nc12.Cc1nccn2c(Br)c(-c3ccc(F)cc3F)nc12. The molecule has 0 spiro atoms. The van der Waals surface area contributed by atoms with Crippen LogP contribution in [0.4, 0.5) is 17.6 Å². The Kier molecular flexibility index (Phi) is 11.8. The van der Waals surface area contributed by atoms with E-state index in [0.29, 0.717) is 55.9 Å². The predicted molar refractivity (Wildman–Crippen MR) is 234 cm³/mol. The Labute approximate surface area is 372 Å². The van der Waals surface area contributed by atoms with E-state index >= 15 is 0 Å². The van der Waals surface area contributed by atoms with Gasteiger partial charge in [-0.05, 0) is 94.8 Å². The van der Waals surface area contributed by atoms with Crippen molar-refractivity contribution in [1.82, 2.24) is 63.8 Å². The number of aromatic nitrogens is 14. The number of nitrogens with one attached hydrogen (secondary N) is 1. The van der Waals surface area contributed by atoms with Gasteiger partial charge in [-0.3, -0.25) is 18.8 Å². The molecule has 1 N–H and O–H groups in total. The molecule has 0 aliphatic carbocycles. The molecule has 2 aromatic carbocycles. The van der Waals surface area contributed by atoms with Crippen molar-refractivity contribution in [2.75, 3.05) is 0 Å². The topological polar surface area (TPSA) is 149 Å². The summed E-state index contributed by atoms with van der Waals surface area (Å²) in [6, 6.07) is 14.4. The van der Waals surface area contributed by atoms with Crippen LogP contribution in [0.3, 0.4) is 0 Å². The van der Waals surface area contributed by atoms with Gasteiger partial charge in [0.15, 0.2) is 22.8 Å². The van der Waals surface area contributed by atoms with Gasteiger partial charge in [-0.1, -0.05) is 27.7 Å². The van der Waals surface area contributed by atoms with Gasteiger partial charge in [-0.25, -0.2) is 27.5 Å². The molecule has 0 radical (unpaired) electrons. The van der Waals surface area contributed by atoms with Crippen LogP contribution in [0.1, 0.15) is 62.6 Å². The van der Waals surface area contributed by atoms with E-state index in [9.17, 15) is 17.6 Å². The first kappa shape index (κ1) is 42.4. The Morgan fingerprint density at radius 1 is 0.726 bits per heavy atom. The Hall–Kier alpha value is -6.29. The highest BCUT2D eigenvalue weighted by molar-refractivity contribution is 14.1. The van der Waals surface area contributed by atoms with Crippen molar-refractivity contribution in [3.05, 3.63) is 140 Å². The summed E-state index contributed by atoms with van der Waals surface area (Å²) in [5.41, 5.74) is 6.51. The van der Waals surface area contributed by atoms with E-state index in [4.69, 9.17) is 5.10 Å². The lowest BCUT2D eigenvalue weighted by Crippen LogP contribution is -2.31. The third kappa shape index (κ3) is 8.10. The highest BCUT2D eigenvalue weighted by Crippen LogP contribution is 2.34. The standard InChI is InChI=1S/C21H17F2N7.C13H8BrF2N3.C8H9IN4/c1-11(2)20-27-26-17-7-6-16(28-30(17)20)19-18(14-5-4-13(22)10-15(14)23)25-21-12(3)24-8-9-29(19)21;1-7-13-18-11(12(14)19(13)5-4-17-7)9-3-2-8(15)6-10(9)16;1-5(2)8-11-10-7-4-3-6(9)12-13(7)8/h4-11H,1-3H3;2-6H,1H3;3-5H,1-2H3/p+1. The number of fused-ring (bicyclic) bond motifs is 4. The zero-order valence-corrected chi connectivity index (χ0v) is 37.6. The van der Waals surface area contributed by atoms with Crippen LogP contribution < -0.4 is 4.52 Å². The molecule has 8 heterocycles. The van der Waals surface area contributed by atoms with Crippen molar-refractivity contribution in [2.45, 2.75) is 53.4 Å². The Morgan fingerprint density at radius 2 is 1.34 bits per heavy atom. The number of imidazole rings is 2. The molecule has 0 fully saturated rings. The van der Waals surface area contributed by atoms with Crippen LogP contribution in [0.15, 0.2) is 90.1 Å². The summed E-state index contributed by atoms with van der Waals surface area (Å²) >= 11 is 5.57. The number of hydrogen-bond acceptors (Lipinski definition) is 9. The number of nitrogens with zero attached hydrogens (tertiary/aromatic N) is 13. The summed E-state index contributed by atoms with van der Waals surface area (Å²) in [6.07, 6.45) is 6.77. The minimum Gasteiger partial charge on any atom is -0.294 e. The molecule has 0 bridgehead atoms. The highest BCUT2D eigenvalue weighted by atomic mass is 127. The second-order valence-electron chi connectivity index (χ2n) is 14.6. The van der Waals surface area contributed by atoms with Crippen LogP contribution in [-0.2, 0) is 0 Å². The van der Waals surface area contributed by atoms with Gasteiger partial charge in [-0.15, -0.1) is 24.9 Å². The first-order valence-electron chi connectivity index (χ1n) is 19.1. The second-order valence-corrected chi connectivity index (χ2v) is 16.5. The lowest BCUT2D eigenvalue weighted by Gasteiger charge is -2.06. The zero-order valence-electron chi connectivity index (χ0n) is 33.8. The van der Waals surface area contributed by atoms with Gasteiger partial charge >= 0.3 is 5.65 Å². The van der Waals surface area contributed by atoms with Crippen molar-refractivity contribution in [1.29, 1.82) is 0 Å². The third-order valence-electron chi connectivity index (χ3n) is 9.64. The van der Waals surface area contributed by atoms with Crippen molar-refractivity contribution in [2.24, 2.45) is 0 Å². The Balaban J connectivity index is 0.000000141. The molecule has 0 saturated heterocycles. The number of rotatable bonds is 5. The minimum atomic E-state index is -0.690. The molecular weight excluding hydrogens is 983 g/mol. The van der Waals surface area contributed by atoms with E-state index in [1.807, 2.05) is 56.4 Å². The van der Waals surface area contributed by atoms with E-state index in [-0.39, 0.29) is 17.0 Å². The first-order valence-corrected chi connectivity index (χ1v) is 21.0. The number of H-pyrrole nitrogens is 1. The number of hydrogen-bond donors (Lipinski definition) is 1. The van der Waals surface area contributed by atoms with Gasteiger partial charge < -0.3 is 0 Å². The third-order valence-corrected chi connectivity index (χ3v) is 11.0. The molecule has 20 heteroatoms. The molecule has 10 rings (SSSR count). The second kappa shape index (κ2) is 17.2. The van der Waals surface area contributed by atoms with E-state index < -0.39 is 23.3 Å². The number of aryl methyl sites for hydroxylation is 2. The fourth-order valence-electron chi connectivity index (χ4n) is 6.63. The quantitative estimate of drug-likeness (QED) is 0.101. The maximum atomic E-state index is 14.7. The van der Waals surface area contributed by atoms with Gasteiger partial charge in [0.1, 0.15) is 54.3 Å². The maximum Gasteiger partial charge on any atom is 0.325 e. The molecule has 314 valence electrons. The predicted octanol–water partition coefficient (Wildman–Crippen LogP) is 9.23. The van der Waals surface area contributed by atoms with Gasteiger partial charge in [0.05, 0.1) is 11.4 Å². The van der Waals surface area contributed by atoms with Crippen molar-refractivity contribution in [3.63, 3.8) is 0 Å².